The fraction of sp³-hybridized carbons (Fsp3) is 0.290. The number of rotatable bonds is 11. The molecule has 0 radical (unpaired) electrons. The number of benzene rings is 2. The first-order valence-electron chi connectivity index (χ1n) is 14.7. The van der Waals surface area contributed by atoms with Gasteiger partial charge in [0.1, 0.15) is 23.7 Å². The standard InChI is InChI=1S/C27H31FN8O3.2C2HF3O2/c1-16(15-35(2)3)39-21-14-19(38-4)13-20(23(21)28)24(32-18-10-8-17(9-11-18)25(29)30)26-33-27(37)36(34-26)22-7-5-6-12-31-22;2*3-2(4,5)1(6)7/h5-14,16,24,32H,15H2,1-4H3,(H3,29,30)(H,33,34,37);2*(H,6,7). The van der Waals surface area contributed by atoms with Gasteiger partial charge in [0.2, 0.25) is 0 Å². The van der Waals surface area contributed by atoms with Crippen molar-refractivity contribution >= 4 is 23.5 Å². The molecule has 2 aromatic carbocycles. The van der Waals surface area contributed by atoms with Crippen molar-refractivity contribution in [2.75, 3.05) is 33.1 Å². The number of hydrogen-bond donors (Lipinski definition) is 6. The normalized spacial score (nSPS) is 12.3. The third kappa shape index (κ3) is 13.1. The zero-order chi connectivity index (χ0) is 40.3. The third-order valence-electron chi connectivity index (χ3n) is 6.30. The molecule has 4 rings (SSSR count). The predicted octanol–water partition coefficient (Wildman–Crippen LogP) is 4.18. The van der Waals surface area contributed by atoms with Gasteiger partial charge in [-0.15, -0.1) is 5.10 Å². The van der Waals surface area contributed by atoms with Crippen LogP contribution in [0.4, 0.5) is 36.4 Å². The van der Waals surface area contributed by atoms with E-state index in [2.05, 4.69) is 20.4 Å². The van der Waals surface area contributed by atoms with Crippen LogP contribution in [0.5, 0.6) is 11.5 Å². The van der Waals surface area contributed by atoms with E-state index in [-0.39, 0.29) is 29.1 Å². The number of carbonyl (C=O) groups is 2. The lowest BCUT2D eigenvalue weighted by Gasteiger charge is -2.23. The lowest BCUT2D eigenvalue weighted by molar-refractivity contribution is -0.193. The van der Waals surface area contributed by atoms with E-state index in [4.69, 9.17) is 40.4 Å². The number of nitrogens with one attached hydrogen (secondary N) is 3. The van der Waals surface area contributed by atoms with Gasteiger partial charge in [-0.1, -0.05) is 6.07 Å². The topological polar surface area (TPSA) is 222 Å². The Kier molecular flexibility index (Phi) is 14.9. The van der Waals surface area contributed by atoms with Gasteiger partial charge in [0.25, 0.3) is 0 Å². The molecule has 0 spiro atoms. The maximum atomic E-state index is 16.1. The molecular formula is C31H33F7N8O7. The van der Waals surface area contributed by atoms with Crippen LogP contribution in [-0.2, 0) is 9.59 Å². The van der Waals surface area contributed by atoms with Crippen LogP contribution in [0.3, 0.4) is 0 Å². The van der Waals surface area contributed by atoms with Crippen LogP contribution in [0.25, 0.3) is 5.82 Å². The summed E-state index contributed by atoms with van der Waals surface area (Å²) in [6, 6.07) is 13.9. The van der Waals surface area contributed by atoms with Crippen LogP contribution in [0.15, 0.2) is 65.6 Å². The third-order valence-corrected chi connectivity index (χ3v) is 6.30. The lowest BCUT2D eigenvalue weighted by Crippen LogP contribution is -2.28. The molecule has 0 aliphatic rings. The van der Waals surface area contributed by atoms with Gasteiger partial charge in [-0.25, -0.2) is 23.8 Å². The number of carboxylic acids is 2. The molecule has 2 aromatic heterocycles. The smallest absolute Gasteiger partial charge is 0.490 e. The SMILES string of the molecule is COc1cc(OC(C)CN(C)C)c(F)c(C(Nc2ccc(C(=N)N)cc2)c2nn(-c3ccccn3)c(=O)[nH]2)c1.O=C(O)C(F)(F)F.O=C(O)C(F)(F)F. The fourth-order valence-corrected chi connectivity index (χ4v) is 4.09. The van der Waals surface area contributed by atoms with Gasteiger partial charge in [0.05, 0.1) is 7.11 Å². The van der Waals surface area contributed by atoms with Crippen LogP contribution >= 0.6 is 0 Å². The van der Waals surface area contributed by atoms with Crippen molar-refractivity contribution in [1.82, 2.24) is 24.6 Å². The van der Waals surface area contributed by atoms with Crippen molar-refractivity contribution in [2.24, 2.45) is 5.73 Å². The van der Waals surface area contributed by atoms with E-state index >= 15 is 4.39 Å². The van der Waals surface area contributed by atoms with Crippen LogP contribution in [0.1, 0.15) is 29.9 Å². The summed E-state index contributed by atoms with van der Waals surface area (Å²) in [6.45, 7) is 2.41. The summed E-state index contributed by atoms with van der Waals surface area (Å²) >= 11 is 0. The first-order chi connectivity index (χ1) is 24.5. The van der Waals surface area contributed by atoms with Crippen molar-refractivity contribution in [3.63, 3.8) is 0 Å². The molecule has 0 fully saturated rings. The fourth-order valence-electron chi connectivity index (χ4n) is 4.09. The maximum absolute atomic E-state index is 16.1. The van der Waals surface area contributed by atoms with Crippen LogP contribution in [0.2, 0.25) is 0 Å². The Morgan fingerprint density at radius 1 is 1.04 bits per heavy atom. The lowest BCUT2D eigenvalue weighted by atomic mass is 10.0. The number of carboxylic acid groups (broad SMARTS) is 2. The molecule has 2 heterocycles. The van der Waals surface area contributed by atoms with Gasteiger partial charge < -0.3 is 35.6 Å². The number of hydrogen-bond acceptors (Lipinski definition) is 10. The number of ether oxygens (including phenoxy) is 2. The molecule has 0 bridgehead atoms. The van der Waals surface area contributed by atoms with E-state index in [1.807, 2.05) is 25.9 Å². The monoisotopic (exact) mass is 762 g/mol. The number of nitrogen functional groups attached to an aromatic ring is 1. The molecule has 0 saturated heterocycles. The number of likely N-dealkylation sites (N-methyl/N-ethyl adjacent to an activating group) is 1. The summed E-state index contributed by atoms with van der Waals surface area (Å²) in [4.78, 5) is 39.5. The molecular weight excluding hydrogens is 729 g/mol. The van der Waals surface area contributed by atoms with E-state index < -0.39 is 41.8 Å². The maximum Gasteiger partial charge on any atom is 0.490 e. The minimum atomic E-state index is -5.08. The van der Waals surface area contributed by atoms with Gasteiger partial charge >= 0.3 is 30.0 Å². The zero-order valence-corrected chi connectivity index (χ0v) is 28.1. The second kappa shape index (κ2) is 18.3. The minimum Gasteiger partial charge on any atom is -0.497 e. The highest BCUT2D eigenvalue weighted by molar-refractivity contribution is 5.95. The quantitative estimate of drug-likeness (QED) is 0.0720. The Labute approximate surface area is 295 Å². The minimum absolute atomic E-state index is 0.00364. The Hall–Kier alpha value is -6.19. The number of nitrogens with two attached hydrogens (primary N) is 1. The molecule has 53 heavy (non-hydrogen) atoms. The molecule has 0 saturated carbocycles. The molecule has 15 nitrogen and oxygen atoms in total. The Morgan fingerprint density at radius 2 is 1.60 bits per heavy atom. The number of alkyl halides is 6. The number of halogens is 7. The summed E-state index contributed by atoms with van der Waals surface area (Å²) in [5.74, 6) is -5.41. The van der Waals surface area contributed by atoms with Crippen molar-refractivity contribution in [1.29, 1.82) is 5.41 Å². The molecule has 0 aliphatic carbocycles. The largest absolute Gasteiger partial charge is 0.497 e. The second-order valence-corrected chi connectivity index (χ2v) is 10.8. The number of methoxy groups -OCH3 is 1. The first kappa shape index (κ1) is 43.0. The average molecular weight is 763 g/mol. The first-order valence-corrected chi connectivity index (χ1v) is 14.7. The van der Waals surface area contributed by atoms with E-state index in [9.17, 15) is 31.1 Å². The molecule has 7 N–H and O–H groups in total. The van der Waals surface area contributed by atoms with E-state index in [0.717, 1.165) is 4.68 Å². The summed E-state index contributed by atoms with van der Waals surface area (Å²) in [6.07, 6.45) is -8.94. The van der Waals surface area contributed by atoms with Gasteiger partial charge in [-0.05, 0) is 63.5 Å². The van der Waals surface area contributed by atoms with Crippen LogP contribution in [0, 0.1) is 11.2 Å². The van der Waals surface area contributed by atoms with E-state index in [1.165, 1.54) is 19.2 Å². The average Bonchev–Trinajstić information content (AvgIpc) is 3.45. The molecule has 22 heteroatoms. The Balaban J connectivity index is 0.000000587. The predicted molar refractivity (Wildman–Crippen MR) is 174 cm³/mol. The summed E-state index contributed by atoms with van der Waals surface area (Å²) in [7, 11) is 5.28. The number of pyridine rings is 1. The highest BCUT2D eigenvalue weighted by Gasteiger charge is 2.39. The molecule has 4 aromatic rings. The number of aromatic nitrogens is 4. The Morgan fingerprint density at radius 3 is 2.06 bits per heavy atom. The molecule has 0 amide bonds. The number of amidine groups is 1. The van der Waals surface area contributed by atoms with E-state index in [0.29, 0.717) is 29.4 Å². The van der Waals surface area contributed by atoms with Gasteiger partial charge in [-0.3, -0.25) is 10.4 Å². The molecule has 0 aliphatic heterocycles. The van der Waals surface area contributed by atoms with Gasteiger partial charge in [0, 0.05) is 35.6 Å². The van der Waals surface area contributed by atoms with E-state index in [1.54, 1.807) is 48.7 Å². The molecule has 2 unspecified atom stereocenters. The zero-order valence-electron chi connectivity index (χ0n) is 28.1. The summed E-state index contributed by atoms with van der Waals surface area (Å²) in [5, 5.41) is 29.6. The number of aromatic amines is 1. The number of aliphatic carboxylic acids is 2. The van der Waals surface area contributed by atoms with Gasteiger partial charge in [0.15, 0.2) is 23.2 Å². The van der Waals surface area contributed by atoms with Gasteiger partial charge in [-0.2, -0.15) is 31.0 Å². The highest BCUT2D eigenvalue weighted by atomic mass is 19.4. The van der Waals surface area contributed by atoms with Crippen molar-refractivity contribution < 1.29 is 60.0 Å². The second-order valence-electron chi connectivity index (χ2n) is 10.8. The van der Waals surface area contributed by atoms with Crippen molar-refractivity contribution in [3.8, 4) is 17.3 Å². The summed E-state index contributed by atoms with van der Waals surface area (Å²) in [5.41, 5.74) is 6.29. The van der Waals surface area contributed by atoms with Crippen molar-refractivity contribution in [3.05, 3.63) is 94.0 Å². The van der Waals surface area contributed by atoms with Crippen LogP contribution < -0.4 is 26.2 Å². The highest BCUT2D eigenvalue weighted by Crippen LogP contribution is 2.35. The number of nitrogens with zero attached hydrogens (tertiary/aromatic N) is 4. The van der Waals surface area contributed by atoms with Crippen molar-refractivity contribution in [2.45, 2.75) is 31.4 Å². The molecule has 2 atom stereocenters. The summed E-state index contributed by atoms with van der Waals surface area (Å²) < 4.78 is 92.1. The van der Waals surface area contributed by atoms with Crippen LogP contribution in [-0.4, -0.2) is 98.8 Å². The molecule has 288 valence electrons. The number of anilines is 1. The Bertz CT molecular complexity index is 1880. The number of H-pyrrole nitrogens is 1.